The van der Waals surface area contributed by atoms with Gasteiger partial charge in [-0.15, -0.1) is 11.3 Å². The second-order valence-corrected chi connectivity index (χ2v) is 8.33. The zero-order chi connectivity index (χ0) is 19.4. The van der Waals surface area contributed by atoms with Gasteiger partial charge in [0.15, 0.2) is 10.9 Å². The normalized spacial score (nSPS) is 11.1. The monoisotopic (exact) mass is 402 g/mol. The predicted molar refractivity (Wildman–Crippen MR) is 99.0 cm³/mol. The van der Waals surface area contributed by atoms with Crippen LogP contribution in [-0.4, -0.2) is 26.4 Å². The number of rotatable bonds is 6. The number of furan rings is 1. The van der Waals surface area contributed by atoms with Crippen LogP contribution in [0.25, 0.3) is 0 Å². The van der Waals surface area contributed by atoms with E-state index < -0.39 is 15.9 Å². The van der Waals surface area contributed by atoms with Gasteiger partial charge in [-0.3, -0.25) is 10.1 Å². The SMILES string of the molecule is CNS(=O)(=O)c1ccc(C(=O)Nc2ncc(Cc3ccc(C#N)cc3)s2)o1. The van der Waals surface area contributed by atoms with Crippen molar-refractivity contribution in [3.63, 3.8) is 0 Å². The largest absolute Gasteiger partial charge is 0.438 e. The molecule has 0 radical (unpaired) electrons. The summed E-state index contributed by atoms with van der Waals surface area (Å²) in [5.74, 6) is -0.723. The van der Waals surface area contributed by atoms with E-state index in [0.717, 1.165) is 10.4 Å². The number of hydrogen-bond donors (Lipinski definition) is 2. The summed E-state index contributed by atoms with van der Waals surface area (Å²) in [7, 11) is -2.50. The van der Waals surface area contributed by atoms with E-state index in [4.69, 9.17) is 9.68 Å². The van der Waals surface area contributed by atoms with E-state index in [2.05, 4.69) is 21.1 Å². The molecule has 27 heavy (non-hydrogen) atoms. The molecule has 1 amide bonds. The summed E-state index contributed by atoms with van der Waals surface area (Å²) < 4.78 is 30.5. The molecule has 2 N–H and O–H groups in total. The highest BCUT2D eigenvalue weighted by Crippen LogP contribution is 2.22. The van der Waals surface area contributed by atoms with Gasteiger partial charge < -0.3 is 4.42 Å². The van der Waals surface area contributed by atoms with E-state index in [1.807, 2.05) is 12.1 Å². The molecular formula is C17H14N4O4S2. The van der Waals surface area contributed by atoms with Crippen LogP contribution in [0.1, 0.15) is 26.6 Å². The van der Waals surface area contributed by atoms with Crippen molar-refractivity contribution in [2.24, 2.45) is 0 Å². The summed E-state index contributed by atoms with van der Waals surface area (Å²) in [5, 5.41) is 11.4. The molecule has 0 aliphatic rings. The number of thiazole rings is 1. The molecule has 0 saturated heterocycles. The minimum atomic E-state index is -3.75. The summed E-state index contributed by atoms with van der Waals surface area (Å²) in [6.07, 6.45) is 2.27. The van der Waals surface area contributed by atoms with Crippen LogP contribution < -0.4 is 10.0 Å². The second-order valence-electron chi connectivity index (χ2n) is 5.40. The molecule has 1 aromatic carbocycles. The zero-order valence-corrected chi connectivity index (χ0v) is 15.7. The molecule has 0 spiro atoms. The Bertz CT molecular complexity index is 1110. The highest BCUT2D eigenvalue weighted by Gasteiger charge is 2.20. The molecule has 3 aromatic rings. The summed E-state index contributed by atoms with van der Waals surface area (Å²) in [4.78, 5) is 17.3. The predicted octanol–water partition coefficient (Wildman–Crippen LogP) is 2.36. The Kier molecular flexibility index (Phi) is 5.36. The first kappa shape index (κ1) is 18.8. The molecular weight excluding hydrogens is 388 g/mol. The lowest BCUT2D eigenvalue weighted by Crippen LogP contribution is -2.18. The van der Waals surface area contributed by atoms with Gasteiger partial charge in [0.05, 0.1) is 11.6 Å². The Morgan fingerprint density at radius 1 is 1.26 bits per heavy atom. The van der Waals surface area contributed by atoms with Gasteiger partial charge >= 0.3 is 0 Å². The summed E-state index contributed by atoms with van der Waals surface area (Å²) in [6, 6.07) is 11.8. The van der Waals surface area contributed by atoms with Crippen molar-refractivity contribution < 1.29 is 17.6 Å². The van der Waals surface area contributed by atoms with Crippen LogP contribution in [0.3, 0.4) is 0 Å². The van der Waals surface area contributed by atoms with Gasteiger partial charge in [-0.25, -0.2) is 18.1 Å². The van der Waals surface area contributed by atoms with E-state index in [1.165, 1.54) is 30.5 Å². The zero-order valence-electron chi connectivity index (χ0n) is 14.1. The molecule has 0 atom stereocenters. The van der Waals surface area contributed by atoms with Gasteiger partial charge in [-0.1, -0.05) is 12.1 Å². The first-order valence-corrected chi connectivity index (χ1v) is 10.00. The molecule has 0 unspecified atom stereocenters. The fourth-order valence-electron chi connectivity index (χ4n) is 2.19. The van der Waals surface area contributed by atoms with Crippen LogP contribution in [0.4, 0.5) is 5.13 Å². The Labute approximate surface area is 159 Å². The maximum Gasteiger partial charge on any atom is 0.293 e. The second kappa shape index (κ2) is 7.71. The summed E-state index contributed by atoms with van der Waals surface area (Å²) >= 11 is 1.30. The molecule has 3 rings (SSSR count). The number of nitrogens with one attached hydrogen (secondary N) is 2. The van der Waals surface area contributed by atoms with Crippen molar-refractivity contribution in [2.45, 2.75) is 11.5 Å². The molecule has 10 heteroatoms. The standard InChI is InChI=1S/C17H14N4O4S2/c1-19-27(23,24)15-7-6-14(25-15)16(22)21-17-20-10-13(26-17)8-11-2-4-12(9-18)5-3-11/h2-7,10,19H,8H2,1H3,(H,20,21,22). The van der Waals surface area contributed by atoms with Crippen molar-refractivity contribution in [1.82, 2.24) is 9.71 Å². The van der Waals surface area contributed by atoms with Crippen molar-refractivity contribution in [1.29, 1.82) is 5.26 Å². The maximum absolute atomic E-state index is 12.2. The summed E-state index contributed by atoms with van der Waals surface area (Å²) in [6.45, 7) is 0. The van der Waals surface area contributed by atoms with Gasteiger partial charge in [-0.05, 0) is 36.9 Å². The number of hydrogen-bond acceptors (Lipinski definition) is 7. The van der Waals surface area contributed by atoms with Gasteiger partial charge in [0.2, 0.25) is 5.09 Å². The smallest absolute Gasteiger partial charge is 0.293 e. The van der Waals surface area contributed by atoms with Crippen LogP contribution in [-0.2, 0) is 16.4 Å². The highest BCUT2D eigenvalue weighted by atomic mass is 32.2. The molecule has 0 aliphatic carbocycles. The summed E-state index contributed by atoms with van der Waals surface area (Å²) in [5.41, 5.74) is 1.61. The molecule has 0 aliphatic heterocycles. The molecule has 0 fully saturated rings. The van der Waals surface area contributed by atoms with Crippen LogP contribution >= 0.6 is 11.3 Å². The van der Waals surface area contributed by atoms with E-state index in [1.54, 1.807) is 18.3 Å². The van der Waals surface area contributed by atoms with Crippen molar-refractivity contribution in [3.05, 3.63) is 64.4 Å². The lowest BCUT2D eigenvalue weighted by atomic mass is 10.1. The molecule has 0 bridgehead atoms. The first-order chi connectivity index (χ1) is 12.9. The van der Waals surface area contributed by atoms with Crippen molar-refractivity contribution >= 4 is 32.4 Å². The molecule has 8 nitrogen and oxygen atoms in total. The molecule has 138 valence electrons. The van der Waals surface area contributed by atoms with E-state index >= 15 is 0 Å². The van der Waals surface area contributed by atoms with Gasteiger partial charge in [-0.2, -0.15) is 5.26 Å². The minimum absolute atomic E-state index is 0.132. The van der Waals surface area contributed by atoms with Crippen LogP contribution in [0.15, 0.2) is 52.1 Å². The van der Waals surface area contributed by atoms with Crippen molar-refractivity contribution in [2.75, 3.05) is 12.4 Å². The lowest BCUT2D eigenvalue weighted by Gasteiger charge is -1.99. The third-order valence-corrected chi connectivity index (χ3v) is 5.77. The number of carbonyl (C=O) groups excluding carboxylic acids is 1. The number of sulfonamides is 1. The van der Waals surface area contributed by atoms with Crippen LogP contribution in [0.5, 0.6) is 0 Å². The van der Waals surface area contributed by atoms with E-state index in [-0.39, 0.29) is 10.9 Å². The highest BCUT2D eigenvalue weighted by molar-refractivity contribution is 7.89. The minimum Gasteiger partial charge on any atom is -0.438 e. The number of nitrogens with zero attached hydrogens (tertiary/aromatic N) is 2. The van der Waals surface area contributed by atoms with Gasteiger partial charge in [0.1, 0.15) is 0 Å². The fraction of sp³-hybridized carbons (Fsp3) is 0.118. The average molecular weight is 402 g/mol. The Morgan fingerprint density at radius 3 is 2.67 bits per heavy atom. The van der Waals surface area contributed by atoms with Gasteiger partial charge in [0, 0.05) is 17.5 Å². The quantitative estimate of drug-likeness (QED) is 0.652. The molecule has 0 saturated carbocycles. The average Bonchev–Trinajstić information content (AvgIpc) is 3.32. The number of nitriles is 1. The van der Waals surface area contributed by atoms with Crippen LogP contribution in [0.2, 0.25) is 0 Å². The molecule has 2 aromatic heterocycles. The fourth-order valence-corrected chi connectivity index (χ4v) is 3.68. The Hall–Kier alpha value is -3.00. The third kappa shape index (κ3) is 4.40. The number of carbonyl (C=O) groups is 1. The number of benzene rings is 1. The van der Waals surface area contributed by atoms with E-state index in [9.17, 15) is 13.2 Å². The number of aromatic nitrogens is 1. The molecule has 2 heterocycles. The first-order valence-electron chi connectivity index (χ1n) is 7.70. The Morgan fingerprint density at radius 2 is 2.00 bits per heavy atom. The third-order valence-electron chi connectivity index (χ3n) is 3.57. The van der Waals surface area contributed by atoms with Gasteiger partial charge in [0.25, 0.3) is 15.9 Å². The number of amides is 1. The Balaban J connectivity index is 1.66. The lowest BCUT2D eigenvalue weighted by molar-refractivity contribution is 0.0991. The maximum atomic E-state index is 12.2. The topological polar surface area (TPSA) is 125 Å². The van der Waals surface area contributed by atoms with Crippen molar-refractivity contribution in [3.8, 4) is 6.07 Å². The van der Waals surface area contributed by atoms with Crippen LogP contribution in [0, 0.1) is 11.3 Å². The number of anilines is 1. The van der Waals surface area contributed by atoms with E-state index in [0.29, 0.717) is 17.1 Å².